The minimum absolute atomic E-state index is 0. The molecule has 0 aliphatic carbocycles. The van der Waals surface area contributed by atoms with E-state index in [2.05, 4.69) is 5.73 Å². The molecule has 0 bridgehead atoms. The van der Waals surface area contributed by atoms with E-state index in [4.69, 9.17) is 0 Å². The van der Waals surface area contributed by atoms with Gasteiger partial charge in [-0.15, -0.1) is 0 Å². The number of rotatable bonds is 1. The third-order valence-corrected chi connectivity index (χ3v) is 0.802. The van der Waals surface area contributed by atoms with Crippen molar-refractivity contribution < 1.29 is 18.0 Å². The normalized spacial score (nSPS) is 9.90. The first-order valence-corrected chi connectivity index (χ1v) is 2.53. The standard InChI is InChI=1S/C2H3F3N2OS.Na.H/c3-2(4,5)9-7-1(6)8;;/h(H3,6,7,8);;. The Bertz CT molecular complexity index is 118. The Morgan fingerprint density at radius 1 is 1.50 bits per heavy atom. The van der Waals surface area contributed by atoms with Crippen molar-refractivity contribution in [1.29, 1.82) is 0 Å². The molecule has 0 radical (unpaired) electrons. The Labute approximate surface area is 81.3 Å². The number of alkyl halides is 3. The molecule has 0 spiro atoms. The van der Waals surface area contributed by atoms with Crippen LogP contribution in [0.4, 0.5) is 18.0 Å². The fourth-order valence-corrected chi connectivity index (χ4v) is 0.324. The van der Waals surface area contributed by atoms with Crippen molar-refractivity contribution in [3.8, 4) is 0 Å². The van der Waals surface area contributed by atoms with Crippen LogP contribution in [0.5, 0.6) is 0 Å². The van der Waals surface area contributed by atoms with Gasteiger partial charge in [0.2, 0.25) is 0 Å². The van der Waals surface area contributed by atoms with Crippen LogP contribution < -0.4 is 10.5 Å². The van der Waals surface area contributed by atoms with Crippen LogP contribution in [0, 0.1) is 0 Å². The zero-order valence-corrected chi connectivity index (χ0v) is 4.84. The van der Waals surface area contributed by atoms with E-state index >= 15 is 0 Å². The number of carbonyl (C=O) groups excluding carboxylic acids is 1. The summed E-state index contributed by atoms with van der Waals surface area (Å²) in [6.07, 6.45) is 0. The van der Waals surface area contributed by atoms with E-state index in [0.29, 0.717) is 0 Å². The second-order valence-electron chi connectivity index (χ2n) is 1.01. The van der Waals surface area contributed by atoms with Crippen molar-refractivity contribution in [3.05, 3.63) is 0 Å². The first-order valence-electron chi connectivity index (χ1n) is 1.72. The van der Waals surface area contributed by atoms with Crippen molar-refractivity contribution >= 4 is 47.5 Å². The van der Waals surface area contributed by atoms with E-state index in [9.17, 15) is 18.0 Å². The quantitative estimate of drug-likeness (QED) is 0.451. The van der Waals surface area contributed by atoms with Gasteiger partial charge in [-0.3, -0.25) is 4.72 Å². The molecule has 0 rings (SSSR count). The molecular weight excluding hydrogens is 180 g/mol. The summed E-state index contributed by atoms with van der Waals surface area (Å²) < 4.78 is 34.6. The molecule has 0 saturated carbocycles. The monoisotopic (exact) mass is 184 g/mol. The van der Waals surface area contributed by atoms with Gasteiger partial charge in [0.05, 0.1) is 11.9 Å². The van der Waals surface area contributed by atoms with E-state index < -0.39 is 23.5 Å². The van der Waals surface area contributed by atoms with Crippen LogP contribution in [0.25, 0.3) is 0 Å². The summed E-state index contributed by atoms with van der Waals surface area (Å²) in [7, 11) is 0. The number of primary amides is 1. The summed E-state index contributed by atoms with van der Waals surface area (Å²) in [6.45, 7) is 0. The Kier molecular flexibility index (Phi) is 6.66. The molecule has 3 N–H and O–H groups in total. The average Bonchev–Trinajstić information content (AvgIpc) is 1.59. The molecule has 2 amide bonds. The van der Waals surface area contributed by atoms with Gasteiger partial charge in [-0.2, -0.15) is 13.2 Å². The number of amides is 2. The number of urea groups is 1. The molecule has 0 aliphatic heterocycles. The van der Waals surface area contributed by atoms with Crippen molar-refractivity contribution in [3.63, 3.8) is 0 Å². The SMILES string of the molecule is NC(=O)NSC(F)(F)F.[NaH]. The van der Waals surface area contributed by atoms with E-state index in [1.54, 1.807) is 0 Å². The summed E-state index contributed by atoms with van der Waals surface area (Å²) in [5.74, 6) is 0. The summed E-state index contributed by atoms with van der Waals surface area (Å²) in [5.41, 5.74) is -0.135. The fourth-order valence-electron chi connectivity index (χ4n) is 0.108. The van der Waals surface area contributed by atoms with Crippen LogP contribution in [0.2, 0.25) is 0 Å². The Morgan fingerprint density at radius 2 is 1.90 bits per heavy atom. The predicted octanol–water partition coefficient (Wildman–Crippen LogP) is 0.174. The van der Waals surface area contributed by atoms with Gasteiger partial charge in [-0.05, 0) is 0 Å². The summed E-state index contributed by atoms with van der Waals surface area (Å²) in [4.78, 5) is 9.64. The molecule has 0 atom stereocenters. The van der Waals surface area contributed by atoms with Crippen LogP contribution in [-0.4, -0.2) is 41.1 Å². The fraction of sp³-hybridized carbons (Fsp3) is 0.500. The summed E-state index contributed by atoms with van der Waals surface area (Å²) in [6, 6.07) is -1.21. The van der Waals surface area contributed by atoms with Gasteiger partial charge in [0.1, 0.15) is 0 Å². The van der Waals surface area contributed by atoms with Crippen molar-refractivity contribution in [2.24, 2.45) is 5.73 Å². The van der Waals surface area contributed by atoms with Crippen LogP contribution in [-0.2, 0) is 0 Å². The molecule has 56 valence electrons. The van der Waals surface area contributed by atoms with Crippen LogP contribution in [0.15, 0.2) is 0 Å². The first-order chi connectivity index (χ1) is 3.92. The van der Waals surface area contributed by atoms with Crippen LogP contribution in [0.3, 0.4) is 0 Å². The van der Waals surface area contributed by atoms with Gasteiger partial charge in [-0.1, -0.05) is 0 Å². The van der Waals surface area contributed by atoms with E-state index in [1.807, 2.05) is 0 Å². The molecule has 10 heavy (non-hydrogen) atoms. The molecule has 0 unspecified atom stereocenters. The molecule has 3 nitrogen and oxygen atoms in total. The third-order valence-electron chi connectivity index (χ3n) is 0.267. The molecule has 0 fully saturated rings. The molecule has 0 aromatic heterocycles. The molecule has 0 aromatic rings. The second-order valence-corrected chi connectivity index (χ2v) is 1.89. The van der Waals surface area contributed by atoms with Gasteiger partial charge < -0.3 is 5.73 Å². The van der Waals surface area contributed by atoms with E-state index in [-0.39, 0.29) is 29.6 Å². The average molecular weight is 184 g/mol. The van der Waals surface area contributed by atoms with E-state index in [1.165, 1.54) is 4.72 Å². The zero-order valence-electron chi connectivity index (χ0n) is 4.03. The van der Waals surface area contributed by atoms with Gasteiger partial charge in [-0.25, -0.2) is 4.79 Å². The molecular formula is C2H4F3N2NaOS. The van der Waals surface area contributed by atoms with Gasteiger partial charge in [0.15, 0.2) is 0 Å². The number of carbonyl (C=O) groups is 1. The minimum atomic E-state index is -4.46. The zero-order chi connectivity index (χ0) is 7.49. The molecule has 8 heteroatoms. The van der Waals surface area contributed by atoms with Crippen LogP contribution >= 0.6 is 11.9 Å². The van der Waals surface area contributed by atoms with Gasteiger partial charge in [0.25, 0.3) is 0 Å². The number of halogens is 3. The summed E-state index contributed by atoms with van der Waals surface area (Å²) in [5, 5.41) is 0. The maximum absolute atomic E-state index is 11.1. The number of hydrogen-bond donors (Lipinski definition) is 2. The maximum atomic E-state index is 11.1. The predicted molar refractivity (Wildman–Crippen MR) is 33.5 cm³/mol. The van der Waals surface area contributed by atoms with Crippen molar-refractivity contribution in [2.45, 2.75) is 5.51 Å². The second kappa shape index (κ2) is 5.11. The first kappa shape index (κ1) is 13.0. The number of nitrogens with one attached hydrogen (secondary N) is 1. The van der Waals surface area contributed by atoms with Gasteiger partial charge >= 0.3 is 41.1 Å². The topological polar surface area (TPSA) is 55.1 Å². The number of nitrogens with two attached hydrogens (primary N) is 1. The van der Waals surface area contributed by atoms with Crippen molar-refractivity contribution in [1.82, 2.24) is 4.72 Å². The van der Waals surface area contributed by atoms with E-state index in [0.717, 1.165) is 0 Å². The van der Waals surface area contributed by atoms with Crippen LogP contribution in [0.1, 0.15) is 0 Å². The molecule has 0 aromatic carbocycles. The molecule has 0 saturated heterocycles. The Hall–Kier alpha value is 0.410. The summed E-state index contributed by atoms with van der Waals surface area (Å²) >= 11 is -0.683. The Morgan fingerprint density at radius 3 is 2.00 bits per heavy atom. The molecule has 0 heterocycles. The Balaban J connectivity index is 0. The number of hydrogen-bond acceptors (Lipinski definition) is 2. The van der Waals surface area contributed by atoms with Gasteiger partial charge in [0, 0.05) is 0 Å². The third kappa shape index (κ3) is 11.2. The van der Waals surface area contributed by atoms with Crippen molar-refractivity contribution in [2.75, 3.05) is 0 Å². The molecule has 0 aliphatic rings.